The van der Waals surface area contributed by atoms with Crippen LogP contribution >= 0.6 is 0 Å². The van der Waals surface area contributed by atoms with E-state index in [4.69, 9.17) is 16.2 Å². The number of hydrogen-bond acceptors (Lipinski definition) is 4. The third kappa shape index (κ3) is 5.02. The van der Waals surface area contributed by atoms with Crippen LogP contribution in [0.5, 0.6) is 5.75 Å². The number of amides is 1. The zero-order valence-corrected chi connectivity index (χ0v) is 13.2. The number of methoxy groups -OCH3 is 1. The Morgan fingerprint density at radius 1 is 1.38 bits per heavy atom. The topological polar surface area (TPSA) is 81.6 Å². The molecule has 1 amide bonds. The number of carbonyl (C=O) groups excluding carboxylic acids is 1. The van der Waals surface area contributed by atoms with E-state index in [2.05, 4.69) is 6.92 Å². The second-order valence-electron chi connectivity index (χ2n) is 5.34. The SMILES string of the molecule is CCCCN(CC(N)=O)C(c1ccccc1OC)C(C)N. The van der Waals surface area contributed by atoms with Crippen LogP contribution in [0.2, 0.25) is 0 Å². The molecule has 0 fully saturated rings. The molecule has 0 heterocycles. The minimum Gasteiger partial charge on any atom is -0.496 e. The van der Waals surface area contributed by atoms with Crippen molar-refractivity contribution < 1.29 is 9.53 Å². The van der Waals surface area contributed by atoms with Crippen molar-refractivity contribution in [1.82, 2.24) is 4.90 Å². The lowest BCUT2D eigenvalue weighted by atomic mass is 9.97. The normalized spacial score (nSPS) is 14.0. The summed E-state index contributed by atoms with van der Waals surface area (Å²) in [6.45, 7) is 5.04. The molecule has 1 rings (SSSR count). The zero-order valence-electron chi connectivity index (χ0n) is 13.2. The maximum atomic E-state index is 11.4. The number of para-hydroxylation sites is 1. The fourth-order valence-electron chi connectivity index (χ4n) is 2.60. The molecular formula is C16H27N3O2. The Labute approximate surface area is 127 Å². The lowest BCUT2D eigenvalue weighted by Gasteiger charge is -2.34. The first kappa shape index (κ1) is 17.5. The van der Waals surface area contributed by atoms with Crippen LogP contribution in [0.15, 0.2) is 24.3 Å². The molecule has 5 nitrogen and oxygen atoms in total. The number of nitrogens with two attached hydrogens (primary N) is 2. The molecule has 2 unspecified atom stereocenters. The van der Waals surface area contributed by atoms with Gasteiger partial charge in [-0.3, -0.25) is 9.69 Å². The van der Waals surface area contributed by atoms with E-state index in [0.717, 1.165) is 30.7 Å². The summed E-state index contributed by atoms with van der Waals surface area (Å²) in [5.41, 5.74) is 12.6. The van der Waals surface area contributed by atoms with Crippen LogP contribution < -0.4 is 16.2 Å². The lowest BCUT2D eigenvalue weighted by Crippen LogP contribution is -2.44. The van der Waals surface area contributed by atoms with Gasteiger partial charge in [0.25, 0.3) is 0 Å². The van der Waals surface area contributed by atoms with Gasteiger partial charge in [-0.05, 0) is 26.0 Å². The van der Waals surface area contributed by atoms with Crippen molar-refractivity contribution in [2.45, 2.75) is 38.8 Å². The van der Waals surface area contributed by atoms with E-state index in [1.165, 1.54) is 0 Å². The second-order valence-corrected chi connectivity index (χ2v) is 5.34. The number of unbranched alkanes of at least 4 members (excludes halogenated alkanes) is 1. The van der Waals surface area contributed by atoms with Gasteiger partial charge in [-0.25, -0.2) is 0 Å². The lowest BCUT2D eigenvalue weighted by molar-refractivity contribution is -0.119. The highest BCUT2D eigenvalue weighted by molar-refractivity contribution is 5.76. The number of benzene rings is 1. The van der Waals surface area contributed by atoms with Crippen molar-refractivity contribution in [1.29, 1.82) is 0 Å². The van der Waals surface area contributed by atoms with Gasteiger partial charge >= 0.3 is 0 Å². The number of carbonyl (C=O) groups is 1. The zero-order chi connectivity index (χ0) is 15.8. The van der Waals surface area contributed by atoms with Crippen LogP contribution in [-0.4, -0.2) is 37.0 Å². The van der Waals surface area contributed by atoms with E-state index in [0.29, 0.717) is 0 Å². The van der Waals surface area contributed by atoms with Crippen molar-refractivity contribution in [2.75, 3.05) is 20.2 Å². The largest absolute Gasteiger partial charge is 0.496 e. The first-order chi connectivity index (χ1) is 10.0. The second kappa shape index (κ2) is 8.64. The van der Waals surface area contributed by atoms with Crippen LogP contribution in [0.1, 0.15) is 38.3 Å². The predicted molar refractivity (Wildman–Crippen MR) is 85.1 cm³/mol. The molecule has 0 saturated heterocycles. The molecule has 0 aliphatic heterocycles. The Hall–Kier alpha value is -1.59. The number of rotatable bonds is 9. The maximum Gasteiger partial charge on any atom is 0.231 e. The molecule has 1 aromatic rings. The Morgan fingerprint density at radius 2 is 2.05 bits per heavy atom. The Bertz CT molecular complexity index is 449. The first-order valence-corrected chi connectivity index (χ1v) is 7.42. The average molecular weight is 293 g/mol. The van der Waals surface area contributed by atoms with Crippen LogP contribution in [0.3, 0.4) is 0 Å². The monoisotopic (exact) mass is 293 g/mol. The van der Waals surface area contributed by atoms with Crippen LogP contribution in [-0.2, 0) is 4.79 Å². The summed E-state index contributed by atoms with van der Waals surface area (Å²) in [6.07, 6.45) is 2.04. The molecule has 0 aliphatic rings. The van der Waals surface area contributed by atoms with Crippen molar-refractivity contribution >= 4 is 5.91 Å². The molecule has 118 valence electrons. The van der Waals surface area contributed by atoms with Crippen molar-refractivity contribution in [3.63, 3.8) is 0 Å². The number of ether oxygens (including phenoxy) is 1. The van der Waals surface area contributed by atoms with Gasteiger partial charge in [-0.1, -0.05) is 31.5 Å². The molecule has 4 N–H and O–H groups in total. The summed E-state index contributed by atoms with van der Waals surface area (Å²) >= 11 is 0. The summed E-state index contributed by atoms with van der Waals surface area (Å²) in [7, 11) is 1.64. The molecule has 1 aromatic carbocycles. The summed E-state index contributed by atoms with van der Waals surface area (Å²) in [4.78, 5) is 13.4. The van der Waals surface area contributed by atoms with E-state index < -0.39 is 0 Å². The van der Waals surface area contributed by atoms with Crippen LogP contribution in [0.25, 0.3) is 0 Å². The molecule has 2 atom stereocenters. The van der Waals surface area contributed by atoms with Gasteiger partial charge < -0.3 is 16.2 Å². The first-order valence-electron chi connectivity index (χ1n) is 7.42. The molecule has 0 bridgehead atoms. The smallest absolute Gasteiger partial charge is 0.231 e. The van der Waals surface area contributed by atoms with Gasteiger partial charge in [-0.15, -0.1) is 0 Å². The van der Waals surface area contributed by atoms with E-state index >= 15 is 0 Å². The highest BCUT2D eigenvalue weighted by Crippen LogP contribution is 2.31. The van der Waals surface area contributed by atoms with Crippen molar-refractivity contribution in [3.8, 4) is 5.75 Å². The number of nitrogens with zero attached hydrogens (tertiary/aromatic N) is 1. The third-order valence-electron chi connectivity index (χ3n) is 3.51. The van der Waals surface area contributed by atoms with E-state index in [9.17, 15) is 4.79 Å². The van der Waals surface area contributed by atoms with Gasteiger partial charge in [0, 0.05) is 11.6 Å². The Balaban J connectivity index is 3.13. The predicted octanol–water partition coefficient (Wildman–Crippen LogP) is 1.67. The van der Waals surface area contributed by atoms with Crippen molar-refractivity contribution in [3.05, 3.63) is 29.8 Å². The summed E-state index contributed by atoms with van der Waals surface area (Å²) in [6, 6.07) is 7.54. The molecule has 5 heteroatoms. The van der Waals surface area contributed by atoms with Crippen LogP contribution in [0.4, 0.5) is 0 Å². The average Bonchev–Trinajstić information content (AvgIpc) is 2.44. The third-order valence-corrected chi connectivity index (χ3v) is 3.51. The van der Waals surface area contributed by atoms with Gasteiger partial charge in [0.1, 0.15) is 5.75 Å². The molecular weight excluding hydrogens is 266 g/mol. The molecule has 0 aliphatic carbocycles. The van der Waals surface area contributed by atoms with Gasteiger partial charge in [0.15, 0.2) is 0 Å². The molecule has 0 saturated carbocycles. The summed E-state index contributed by atoms with van der Waals surface area (Å²) in [5.74, 6) is 0.442. The quantitative estimate of drug-likeness (QED) is 0.725. The molecule has 0 spiro atoms. The number of primary amides is 1. The van der Waals surface area contributed by atoms with Gasteiger partial charge in [0.2, 0.25) is 5.91 Å². The fourth-order valence-corrected chi connectivity index (χ4v) is 2.60. The summed E-state index contributed by atoms with van der Waals surface area (Å²) < 4.78 is 5.44. The number of hydrogen-bond donors (Lipinski definition) is 2. The Morgan fingerprint density at radius 3 is 2.57 bits per heavy atom. The van der Waals surface area contributed by atoms with E-state index in [-0.39, 0.29) is 24.5 Å². The van der Waals surface area contributed by atoms with Crippen LogP contribution in [0, 0.1) is 0 Å². The molecule has 0 radical (unpaired) electrons. The van der Waals surface area contributed by atoms with E-state index in [1.54, 1.807) is 7.11 Å². The minimum atomic E-state index is -0.341. The molecule has 0 aromatic heterocycles. The van der Waals surface area contributed by atoms with E-state index in [1.807, 2.05) is 36.1 Å². The minimum absolute atomic E-state index is 0.0970. The highest BCUT2D eigenvalue weighted by atomic mass is 16.5. The Kier molecular flexibility index (Phi) is 7.19. The maximum absolute atomic E-state index is 11.4. The van der Waals surface area contributed by atoms with Gasteiger partial charge in [0.05, 0.1) is 19.7 Å². The molecule has 21 heavy (non-hydrogen) atoms. The highest BCUT2D eigenvalue weighted by Gasteiger charge is 2.27. The summed E-state index contributed by atoms with van der Waals surface area (Å²) in [5, 5.41) is 0. The van der Waals surface area contributed by atoms with Gasteiger partial charge in [-0.2, -0.15) is 0 Å². The fraction of sp³-hybridized carbons (Fsp3) is 0.562. The standard InChI is InChI=1S/C16H27N3O2/c1-4-5-10-19(11-15(18)20)16(12(2)17)13-8-6-7-9-14(13)21-3/h6-9,12,16H,4-5,10-11,17H2,1-3H3,(H2,18,20). The van der Waals surface area contributed by atoms with Crippen molar-refractivity contribution in [2.24, 2.45) is 11.5 Å².